The van der Waals surface area contributed by atoms with Crippen molar-refractivity contribution in [3.63, 3.8) is 0 Å². The van der Waals surface area contributed by atoms with Gasteiger partial charge in [0.15, 0.2) is 10.9 Å². The lowest BCUT2D eigenvalue weighted by Crippen LogP contribution is -2.39. The maximum atomic E-state index is 13.2. The predicted octanol–water partition coefficient (Wildman–Crippen LogP) is 3.99. The van der Waals surface area contributed by atoms with Crippen molar-refractivity contribution in [3.05, 3.63) is 46.2 Å². The molecule has 0 N–H and O–H groups in total. The smallest absolute Gasteiger partial charge is 0.433 e. The Morgan fingerprint density at radius 2 is 2.09 bits per heavy atom. The fraction of sp³-hybridized carbons (Fsp3) is 0.429. The fourth-order valence-electron chi connectivity index (χ4n) is 3.50. The summed E-state index contributed by atoms with van der Waals surface area (Å²) in [6.07, 6.45) is 0.717. The summed E-state index contributed by atoms with van der Waals surface area (Å²) in [7, 11) is 0. The Labute approximate surface area is 200 Å². The van der Waals surface area contributed by atoms with Crippen LogP contribution in [0.3, 0.4) is 0 Å². The largest absolute Gasteiger partial charge is 0.494 e. The Morgan fingerprint density at radius 1 is 1.30 bits per heavy atom. The van der Waals surface area contributed by atoms with Crippen molar-refractivity contribution >= 4 is 50.9 Å². The molecule has 1 amide bonds. The molecule has 4 rings (SSSR count). The van der Waals surface area contributed by atoms with Gasteiger partial charge in [-0.2, -0.15) is 0 Å². The third-order valence-corrected chi connectivity index (χ3v) is 6.12. The standard InChI is InChI=1S/C21H24N4O6S.ClH/c1-2-30-15-4-5-16-18(14-15)32-21(22-16)24(9-3-8-23-10-12-29-13-11-23)20(26)17-6-7-19(31-17)25(27)28;/h4-7,14H,2-3,8-13H2,1H3;1H. The molecule has 2 aromatic heterocycles. The van der Waals surface area contributed by atoms with E-state index >= 15 is 0 Å². The molecule has 10 nitrogen and oxygen atoms in total. The Balaban J connectivity index is 0.00000306. The first-order valence-electron chi connectivity index (χ1n) is 10.4. The van der Waals surface area contributed by atoms with Gasteiger partial charge in [0.25, 0.3) is 5.91 Å². The number of nitro groups is 1. The predicted molar refractivity (Wildman–Crippen MR) is 127 cm³/mol. The van der Waals surface area contributed by atoms with Crippen LogP contribution in [0.4, 0.5) is 11.0 Å². The molecule has 0 bridgehead atoms. The van der Waals surface area contributed by atoms with E-state index in [1.165, 1.54) is 28.4 Å². The van der Waals surface area contributed by atoms with Crippen LogP contribution in [0, 0.1) is 10.1 Å². The lowest BCUT2D eigenvalue weighted by Gasteiger charge is -2.27. The van der Waals surface area contributed by atoms with Gasteiger partial charge in [-0.05, 0) is 37.6 Å². The van der Waals surface area contributed by atoms with Gasteiger partial charge in [0, 0.05) is 26.2 Å². The minimum atomic E-state index is -0.660. The van der Waals surface area contributed by atoms with Gasteiger partial charge in [0.05, 0.1) is 36.1 Å². The van der Waals surface area contributed by atoms with E-state index in [1.807, 2.05) is 25.1 Å². The number of nitrogens with zero attached hydrogens (tertiary/aromatic N) is 4. The van der Waals surface area contributed by atoms with Gasteiger partial charge in [0.1, 0.15) is 10.7 Å². The summed E-state index contributed by atoms with van der Waals surface area (Å²) in [4.78, 5) is 32.0. The first-order valence-corrected chi connectivity index (χ1v) is 11.3. The first kappa shape index (κ1) is 24.9. The number of furan rings is 1. The third-order valence-electron chi connectivity index (χ3n) is 5.08. The number of hydrogen-bond acceptors (Lipinski definition) is 9. The highest BCUT2D eigenvalue weighted by Gasteiger charge is 2.26. The van der Waals surface area contributed by atoms with Gasteiger partial charge in [-0.1, -0.05) is 11.3 Å². The molecule has 0 spiro atoms. The summed E-state index contributed by atoms with van der Waals surface area (Å²) in [5, 5.41) is 11.5. The molecule has 178 valence electrons. The van der Waals surface area contributed by atoms with Crippen LogP contribution in [-0.4, -0.2) is 66.7 Å². The summed E-state index contributed by atoms with van der Waals surface area (Å²) in [5.41, 5.74) is 0.754. The Kier molecular flexibility index (Phi) is 8.61. The molecule has 33 heavy (non-hydrogen) atoms. The van der Waals surface area contributed by atoms with E-state index in [0.717, 1.165) is 35.6 Å². The number of thiazole rings is 1. The van der Waals surface area contributed by atoms with E-state index in [-0.39, 0.29) is 18.2 Å². The van der Waals surface area contributed by atoms with Crippen LogP contribution in [0.2, 0.25) is 0 Å². The molecule has 0 unspecified atom stereocenters. The number of amides is 1. The zero-order valence-corrected chi connectivity index (χ0v) is 19.7. The Hall–Kier alpha value is -2.73. The Bertz CT molecular complexity index is 1100. The summed E-state index contributed by atoms with van der Waals surface area (Å²) in [6, 6.07) is 8.11. The van der Waals surface area contributed by atoms with Crippen LogP contribution >= 0.6 is 23.7 Å². The second kappa shape index (κ2) is 11.4. The number of aromatic nitrogens is 1. The van der Waals surface area contributed by atoms with E-state index < -0.39 is 16.7 Å². The molecule has 1 aromatic carbocycles. The van der Waals surface area contributed by atoms with Gasteiger partial charge >= 0.3 is 5.88 Å². The lowest BCUT2D eigenvalue weighted by molar-refractivity contribution is -0.402. The molecule has 0 saturated carbocycles. The molecule has 1 aliphatic rings. The minimum absolute atomic E-state index is 0. The second-order valence-corrected chi connectivity index (χ2v) is 8.23. The molecule has 1 fully saturated rings. The van der Waals surface area contributed by atoms with Crippen molar-refractivity contribution in [3.8, 4) is 5.75 Å². The SMILES string of the molecule is CCOc1ccc2nc(N(CCCN3CCOCC3)C(=O)c3ccc([N+](=O)[O-])o3)sc2c1.Cl. The molecule has 1 saturated heterocycles. The van der Waals surface area contributed by atoms with Crippen molar-refractivity contribution in [2.75, 3.05) is 50.9 Å². The molecular weight excluding hydrogens is 472 g/mol. The monoisotopic (exact) mass is 496 g/mol. The van der Waals surface area contributed by atoms with Crippen LogP contribution in [0.1, 0.15) is 23.9 Å². The Morgan fingerprint density at radius 3 is 2.79 bits per heavy atom. The quantitative estimate of drug-likeness (QED) is 0.323. The normalized spacial score (nSPS) is 14.1. The highest BCUT2D eigenvalue weighted by molar-refractivity contribution is 7.22. The number of hydrogen-bond donors (Lipinski definition) is 0. The summed E-state index contributed by atoms with van der Waals surface area (Å²) in [6.45, 7) is 6.82. The van der Waals surface area contributed by atoms with Crippen molar-refractivity contribution in [1.82, 2.24) is 9.88 Å². The average Bonchev–Trinajstić information content (AvgIpc) is 3.44. The highest BCUT2D eigenvalue weighted by atomic mass is 35.5. The van der Waals surface area contributed by atoms with Crippen molar-refractivity contribution < 1.29 is 23.6 Å². The summed E-state index contributed by atoms with van der Waals surface area (Å²) >= 11 is 1.37. The molecule has 1 aliphatic heterocycles. The topological polar surface area (TPSA) is 111 Å². The number of halogens is 1. The average molecular weight is 497 g/mol. The number of carbonyl (C=O) groups excluding carboxylic acids is 1. The van der Waals surface area contributed by atoms with Gasteiger partial charge < -0.3 is 13.9 Å². The number of anilines is 1. The van der Waals surface area contributed by atoms with Gasteiger partial charge in [0.2, 0.25) is 0 Å². The number of rotatable bonds is 9. The van der Waals surface area contributed by atoms with Crippen molar-refractivity contribution in [2.45, 2.75) is 13.3 Å². The van der Waals surface area contributed by atoms with Crippen molar-refractivity contribution in [2.24, 2.45) is 0 Å². The van der Waals surface area contributed by atoms with E-state index in [2.05, 4.69) is 9.88 Å². The number of morpholine rings is 1. The fourth-order valence-corrected chi connectivity index (χ4v) is 4.52. The molecule has 3 heterocycles. The number of ether oxygens (including phenoxy) is 2. The van der Waals surface area contributed by atoms with Crippen molar-refractivity contribution in [1.29, 1.82) is 0 Å². The number of carbonyl (C=O) groups is 1. The van der Waals surface area contributed by atoms with Crippen LogP contribution in [0.25, 0.3) is 10.2 Å². The molecular formula is C21H25ClN4O6S. The molecule has 0 radical (unpaired) electrons. The molecule has 12 heteroatoms. The summed E-state index contributed by atoms with van der Waals surface area (Å²) < 4.78 is 17.0. The van der Waals surface area contributed by atoms with Gasteiger partial charge in [-0.25, -0.2) is 4.98 Å². The van der Waals surface area contributed by atoms with Crippen LogP contribution in [0.15, 0.2) is 34.7 Å². The van der Waals surface area contributed by atoms with E-state index in [4.69, 9.17) is 13.9 Å². The maximum absolute atomic E-state index is 13.2. The molecule has 0 atom stereocenters. The van der Waals surface area contributed by atoms with Gasteiger partial charge in [-0.3, -0.25) is 24.7 Å². The van der Waals surface area contributed by atoms with E-state index in [0.29, 0.717) is 37.9 Å². The molecule has 3 aromatic rings. The molecule has 0 aliphatic carbocycles. The van der Waals surface area contributed by atoms with Crippen LogP contribution in [-0.2, 0) is 4.74 Å². The zero-order chi connectivity index (χ0) is 22.5. The van der Waals surface area contributed by atoms with Crippen LogP contribution < -0.4 is 9.64 Å². The van der Waals surface area contributed by atoms with E-state index in [1.54, 1.807) is 0 Å². The number of fused-ring (bicyclic) bond motifs is 1. The number of benzene rings is 1. The summed E-state index contributed by atoms with van der Waals surface area (Å²) in [5.74, 6) is -0.268. The maximum Gasteiger partial charge on any atom is 0.433 e. The zero-order valence-electron chi connectivity index (χ0n) is 18.1. The third kappa shape index (κ3) is 5.99. The lowest BCUT2D eigenvalue weighted by atomic mass is 10.3. The van der Waals surface area contributed by atoms with E-state index in [9.17, 15) is 14.9 Å². The first-order chi connectivity index (χ1) is 15.5. The van der Waals surface area contributed by atoms with Gasteiger partial charge in [-0.15, -0.1) is 12.4 Å². The minimum Gasteiger partial charge on any atom is -0.494 e. The second-order valence-electron chi connectivity index (χ2n) is 7.22. The highest BCUT2D eigenvalue weighted by Crippen LogP contribution is 2.33. The van der Waals surface area contributed by atoms with Crippen LogP contribution in [0.5, 0.6) is 5.75 Å².